The molecule has 0 aliphatic rings. The number of rotatable bonds is 4. The first-order valence-electron chi connectivity index (χ1n) is 6.71. The van der Waals surface area contributed by atoms with Gasteiger partial charge >= 0.3 is 0 Å². The van der Waals surface area contributed by atoms with E-state index in [1.165, 1.54) is 17.0 Å². The van der Waals surface area contributed by atoms with Crippen LogP contribution < -0.4 is 0 Å². The van der Waals surface area contributed by atoms with E-state index in [1.54, 1.807) is 0 Å². The highest BCUT2D eigenvalue weighted by molar-refractivity contribution is 5.45. The van der Waals surface area contributed by atoms with E-state index in [1.807, 2.05) is 12.4 Å². The summed E-state index contributed by atoms with van der Waals surface area (Å²) < 4.78 is 0. The van der Waals surface area contributed by atoms with Crippen molar-refractivity contribution in [2.45, 2.75) is 18.8 Å². The van der Waals surface area contributed by atoms with E-state index in [9.17, 15) is 0 Å². The van der Waals surface area contributed by atoms with E-state index in [-0.39, 0.29) is 5.41 Å². The van der Waals surface area contributed by atoms with Crippen LogP contribution in [-0.4, -0.2) is 9.97 Å². The fourth-order valence-electron chi connectivity index (χ4n) is 2.96. The molecule has 0 saturated heterocycles. The first kappa shape index (κ1) is 11.8. The lowest BCUT2D eigenvalue weighted by atomic mass is 9.73. The smallest absolute Gasteiger partial charge is 0.0749 e. The molecule has 0 unspecified atom stereocenters. The Hall–Kier alpha value is -2.22. The maximum Gasteiger partial charge on any atom is 0.0749 e. The number of H-pyrrole nitrogens is 2. The molecule has 0 aliphatic heterocycles. The molecule has 2 heterocycles. The number of nitrogens with one attached hydrogen (secondary N) is 2. The van der Waals surface area contributed by atoms with E-state index < -0.39 is 0 Å². The summed E-state index contributed by atoms with van der Waals surface area (Å²) in [6.45, 7) is 2.23. The van der Waals surface area contributed by atoms with Crippen LogP contribution in [0, 0.1) is 0 Å². The first-order valence-corrected chi connectivity index (χ1v) is 6.71. The van der Waals surface area contributed by atoms with E-state index in [4.69, 9.17) is 0 Å². The molecule has 0 atom stereocenters. The van der Waals surface area contributed by atoms with Crippen molar-refractivity contribution in [2.24, 2.45) is 0 Å². The summed E-state index contributed by atoms with van der Waals surface area (Å²) in [6, 6.07) is 19.1. The third kappa shape index (κ3) is 1.80. The molecule has 19 heavy (non-hydrogen) atoms. The SMILES string of the molecule is CCC(c1ccccc1)(c1ccc[nH]1)c1ccc[nH]1. The predicted octanol–water partition coefficient (Wildman–Crippen LogP) is 4.09. The monoisotopic (exact) mass is 250 g/mol. The number of hydrogen-bond donors (Lipinski definition) is 2. The van der Waals surface area contributed by atoms with E-state index in [0.29, 0.717) is 0 Å². The second-order valence-corrected chi connectivity index (χ2v) is 4.79. The van der Waals surface area contributed by atoms with Crippen LogP contribution in [0.2, 0.25) is 0 Å². The largest absolute Gasteiger partial charge is 0.364 e. The van der Waals surface area contributed by atoms with Crippen LogP contribution in [0.5, 0.6) is 0 Å². The normalized spacial score (nSPS) is 11.6. The predicted molar refractivity (Wildman–Crippen MR) is 78.2 cm³/mol. The van der Waals surface area contributed by atoms with Gasteiger partial charge in [0.2, 0.25) is 0 Å². The van der Waals surface area contributed by atoms with Gasteiger partial charge in [0.15, 0.2) is 0 Å². The fraction of sp³-hybridized carbons (Fsp3) is 0.176. The molecule has 0 fully saturated rings. The van der Waals surface area contributed by atoms with Crippen molar-refractivity contribution in [3.8, 4) is 0 Å². The van der Waals surface area contributed by atoms with E-state index in [2.05, 4.69) is 71.5 Å². The van der Waals surface area contributed by atoms with Gasteiger partial charge in [-0.15, -0.1) is 0 Å². The molecule has 2 N–H and O–H groups in total. The van der Waals surface area contributed by atoms with Gasteiger partial charge in [0.25, 0.3) is 0 Å². The van der Waals surface area contributed by atoms with Crippen molar-refractivity contribution < 1.29 is 0 Å². The summed E-state index contributed by atoms with van der Waals surface area (Å²) in [4.78, 5) is 6.79. The summed E-state index contributed by atoms with van der Waals surface area (Å²) in [5.41, 5.74) is 3.63. The average molecular weight is 250 g/mol. The minimum atomic E-state index is -0.131. The maximum absolute atomic E-state index is 3.40. The Kier molecular flexibility index (Phi) is 3.00. The third-order valence-corrected chi connectivity index (χ3v) is 3.91. The molecule has 2 heteroatoms. The standard InChI is InChI=1S/C17H18N2/c1-2-17(15-10-6-12-18-15,16-11-7-13-19-16)14-8-4-3-5-9-14/h3-13,18-19H,2H2,1H3. The quantitative estimate of drug-likeness (QED) is 0.699. The van der Waals surface area contributed by atoms with Gasteiger partial charge in [-0.05, 0) is 36.2 Å². The van der Waals surface area contributed by atoms with Crippen molar-refractivity contribution in [1.82, 2.24) is 9.97 Å². The molecule has 0 saturated carbocycles. The van der Waals surface area contributed by atoms with Gasteiger partial charge in [-0.2, -0.15) is 0 Å². The van der Waals surface area contributed by atoms with E-state index >= 15 is 0 Å². The van der Waals surface area contributed by atoms with Crippen LogP contribution >= 0.6 is 0 Å². The number of hydrogen-bond acceptors (Lipinski definition) is 0. The Bertz CT molecular complexity index is 572. The molecule has 0 radical (unpaired) electrons. The Labute approximate surface area is 113 Å². The minimum absolute atomic E-state index is 0.131. The van der Waals surface area contributed by atoms with Crippen LogP contribution in [0.4, 0.5) is 0 Å². The molecule has 1 aromatic carbocycles. The second-order valence-electron chi connectivity index (χ2n) is 4.79. The van der Waals surface area contributed by atoms with E-state index in [0.717, 1.165) is 6.42 Å². The van der Waals surface area contributed by atoms with Crippen LogP contribution in [0.15, 0.2) is 67.0 Å². The van der Waals surface area contributed by atoms with Crippen LogP contribution in [-0.2, 0) is 5.41 Å². The number of aromatic nitrogens is 2. The second kappa shape index (κ2) is 4.81. The summed E-state index contributed by atoms with van der Waals surface area (Å²) >= 11 is 0. The van der Waals surface area contributed by atoms with Gasteiger partial charge in [-0.3, -0.25) is 0 Å². The lowest BCUT2D eigenvalue weighted by Gasteiger charge is -2.32. The van der Waals surface area contributed by atoms with Crippen LogP contribution in [0.1, 0.15) is 30.3 Å². The van der Waals surface area contributed by atoms with Crippen molar-refractivity contribution in [1.29, 1.82) is 0 Å². The molecule has 2 aromatic heterocycles. The Balaban J connectivity index is 2.26. The molecular formula is C17H18N2. The van der Waals surface area contributed by atoms with Gasteiger partial charge in [0.1, 0.15) is 0 Å². The Morgan fingerprint density at radius 1 is 0.789 bits per heavy atom. The fourth-order valence-corrected chi connectivity index (χ4v) is 2.96. The average Bonchev–Trinajstić information content (AvgIpc) is 3.15. The molecule has 0 spiro atoms. The highest BCUT2D eigenvalue weighted by Crippen LogP contribution is 2.40. The lowest BCUT2D eigenvalue weighted by Crippen LogP contribution is -2.29. The van der Waals surface area contributed by atoms with Gasteiger partial charge in [0, 0.05) is 23.8 Å². The Morgan fingerprint density at radius 2 is 1.37 bits per heavy atom. The molecule has 0 amide bonds. The van der Waals surface area contributed by atoms with Gasteiger partial charge in [-0.1, -0.05) is 37.3 Å². The molecular weight excluding hydrogens is 232 g/mol. The topological polar surface area (TPSA) is 31.6 Å². The first-order chi connectivity index (χ1) is 9.38. The van der Waals surface area contributed by atoms with Crippen LogP contribution in [0.3, 0.4) is 0 Å². The minimum Gasteiger partial charge on any atom is -0.364 e. The van der Waals surface area contributed by atoms with Crippen molar-refractivity contribution >= 4 is 0 Å². The van der Waals surface area contributed by atoms with Gasteiger partial charge < -0.3 is 9.97 Å². The zero-order valence-corrected chi connectivity index (χ0v) is 11.1. The highest BCUT2D eigenvalue weighted by Gasteiger charge is 2.36. The molecule has 0 aliphatic carbocycles. The highest BCUT2D eigenvalue weighted by atomic mass is 14.8. The summed E-state index contributed by atoms with van der Waals surface area (Å²) in [5.74, 6) is 0. The molecule has 3 rings (SSSR count). The molecule has 96 valence electrons. The summed E-state index contributed by atoms with van der Waals surface area (Å²) in [7, 11) is 0. The molecule has 0 bridgehead atoms. The molecule has 3 aromatic rings. The van der Waals surface area contributed by atoms with Crippen molar-refractivity contribution in [3.05, 3.63) is 83.9 Å². The maximum atomic E-state index is 3.40. The number of aromatic amines is 2. The summed E-state index contributed by atoms with van der Waals surface area (Å²) in [6.07, 6.45) is 4.98. The van der Waals surface area contributed by atoms with Crippen LogP contribution in [0.25, 0.3) is 0 Å². The Morgan fingerprint density at radius 3 is 1.79 bits per heavy atom. The van der Waals surface area contributed by atoms with Gasteiger partial charge in [0.05, 0.1) is 5.41 Å². The lowest BCUT2D eigenvalue weighted by molar-refractivity contribution is 0.564. The summed E-state index contributed by atoms with van der Waals surface area (Å²) in [5, 5.41) is 0. The zero-order chi connectivity index (χ0) is 13.1. The van der Waals surface area contributed by atoms with Gasteiger partial charge in [-0.25, -0.2) is 0 Å². The number of benzene rings is 1. The molecule has 2 nitrogen and oxygen atoms in total. The van der Waals surface area contributed by atoms with Crippen molar-refractivity contribution in [2.75, 3.05) is 0 Å². The van der Waals surface area contributed by atoms with Crippen molar-refractivity contribution in [3.63, 3.8) is 0 Å². The zero-order valence-electron chi connectivity index (χ0n) is 11.1. The third-order valence-electron chi connectivity index (χ3n) is 3.91.